The molecule has 0 aliphatic rings. The third-order valence-electron chi connectivity index (χ3n) is 1.72. The Morgan fingerprint density at radius 2 is 2.46 bits per heavy atom. The zero-order chi connectivity index (χ0) is 9.84. The summed E-state index contributed by atoms with van der Waals surface area (Å²) in [4.78, 5) is 8.68. The van der Waals surface area contributed by atoms with Crippen molar-refractivity contribution < 1.29 is 0 Å². The lowest BCUT2D eigenvalue weighted by molar-refractivity contribution is 0.798. The molecule has 1 atom stereocenters. The highest BCUT2D eigenvalue weighted by Gasteiger charge is 2.07. The molecule has 0 saturated heterocycles. The van der Waals surface area contributed by atoms with Crippen LogP contribution in [0.3, 0.4) is 0 Å². The highest BCUT2D eigenvalue weighted by atomic mass is 32.1. The Morgan fingerprint density at radius 1 is 1.77 bits per heavy atom. The van der Waals surface area contributed by atoms with Gasteiger partial charge in [0.15, 0.2) is 0 Å². The van der Waals surface area contributed by atoms with E-state index < -0.39 is 0 Å². The van der Waals surface area contributed by atoms with E-state index in [2.05, 4.69) is 9.98 Å². The first-order valence-electron chi connectivity index (χ1n) is 4.37. The lowest BCUT2D eigenvalue weighted by Gasteiger charge is -2.02. The predicted octanol–water partition coefficient (Wildman–Crippen LogP) is 2.28. The Morgan fingerprint density at radius 3 is 2.92 bits per heavy atom. The van der Waals surface area contributed by atoms with Crippen molar-refractivity contribution in [2.45, 2.75) is 33.2 Å². The number of nitrogens with two attached hydrogens (primary N) is 1. The normalized spacial score (nSPS) is 14.5. The number of rotatable bonds is 3. The van der Waals surface area contributed by atoms with Gasteiger partial charge in [0.25, 0.3) is 0 Å². The van der Waals surface area contributed by atoms with Gasteiger partial charge in [-0.05, 0) is 13.8 Å². The van der Waals surface area contributed by atoms with Crippen LogP contribution in [0.25, 0.3) is 0 Å². The first-order chi connectivity index (χ1) is 6.13. The van der Waals surface area contributed by atoms with E-state index in [1.54, 1.807) is 11.3 Å². The van der Waals surface area contributed by atoms with Crippen molar-refractivity contribution >= 4 is 17.2 Å². The van der Waals surface area contributed by atoms with E-state index in [9.17, 15) is 0 Å². The second-order valence-corrected chi connectivity index (χ2v) is 3.87. The average Bonchev–Trinajstić information content (AvgIpc) is 2.51. The molecule has 1 aromatic rings. The Labute approximate surface area is 82.7 Å². The molecule has 1 heterocycles. The Kier molecular flexibility index (Phi) is 3.42. The molecule has 0 radical (unpaired) electrons. The fourth-order valence-electron chi connectivity index (χ4n) is 0.959. The molecule has 0 bridgehead atoms. The van der Waals surface area contributed by atoms with E-state index in [0.717, 1.165) is 17.1 Å². The molecule has 1 rings (SSSR count). The molecule has 3 nitrogen and oxygen atoms in total. The average molecular weight is 197 g/mol. The molecule has 0 saturated carbocycles. The number of nitrogens with zero attached hydrogens (tertiary/aromatic N) is 2. The summed E-state index contributed by atoms with van der Waals surface area (Å²) in [6.07, 6.45) is 0.800. The number of aromatic nitrogens is 1. The second-order valence-electron chi connectivity index (χ2n) is 2.98. The number of thiazole rings is 1. The Balaban J connectivity index is 2.74. The molecule has 0 aliphatic heterocycles. The van der Waals surface area contributed by atoms with Gasteiger partial charge in [-0.1, -0.05) is 6.92 Å². The van der Waals surface area contributed by atoms with Gasteiger partial charge in [-0.25, -0.2) is 4.98 Å². The molecule has 4 heteroatoms. The molecule has 1 unspecified atom stereocenters. The minimum Gasteiger partial charge on any atom is -0.387 e. The van der Waals surface area contributed by atoms with Crippen molar-refractivity contribution in [3.8, 4) is 0 Å². The fraction of sp³-hybridized carbons (Fsp3) is 0.556. The van der Waals surface area contributed by atoms with Gasteiger partial charge in [-0.3, -0.25) is 4.99 Å². The molecule has 0 spiro atoms. The minimum absolute atomic E-state index is 0.0960. The van der Waals surface area contributed by atoms with Crippen LogP contribution >= 0.6 is 11.3 Å². The van der Waals surface area contributed by atoms with Gasteiger partial charge in [-0.15, -0.1) is 11.3 Å². The van der Waals surface area contributed by atoms with Crippen molar-refractivity contribution in [1.82, 2.24) is 4.98 Å². The summed E-state index contributed by atoms with van der Waals surface area (Å²) in [5, 5.41) is 3.07. The zero-order valence-electron chi connectivity index (χ0n) is 8.24. The summed E-state index contributed by atoms with van der Waals surface area (Å²) in [6, 6.07) is 0.0960. The number of hydrogen-bond acceptors (Lipinski definition) is 3. The SMILES string of the molecule is CCC(N)=NC(C)c1nc(C)cs1. The van der Waals surface area contributed by atoms with Gasteiger partial charge in [0, 0.05) is 17.5 Å². The molecule has 0 aliphatic carbocycles. The summed E-state index contributed by atoms with van der Waals surface area (Å²) in [5.74, 6) is 0.695. The quantitative estimate of drug-likeness (QED) is 0.597. The summed E-state index contributed by atoms with van der Waals surface area (Å²) >= 11 is 1.64. The van der Waals surface area contributed by atoms with Gasteiger partial charge in [0.1, 0.15) is 11.0 Å². The summed E-state index contributed by atoms with van der Waals surface area (Å²) < 4.78 is 0. The van der Waals surface area contributed by atoms with E-state index in [0.29, 0.717) is 5.84 Å². The van der Waals surface area contributed by atoms with Crippen LogP contribution in [0.4, 0.5) is 0 Å². The van der Waals surface area contributed by atoms with Crippen LogP contribution in [0.1, 0.15) is 37.0 Å². The number of hydrogen-bond donors (Lipinski definition) is 1. The highest BCUT2D eigenvalue weighted by Crippen LogP contribution is 2.20. The van der Waals surface area contributed by atoms with Crippen molar-refractivity contribution in [2.75, 3.05) is 0 Å². The maximum Gasteiger partial charge on any atom is 0.117 e. The molecular weight excluding hydrogens is 182 g/mol. The molecular formula is C9H15N3S. The van der Waals surface area contributed by atoms with Crippen LogP contribution in [0.15, 0.2) is 10.4 Å². The molecule has 0 amide bonds. The van der Waals surface area contributed by atoms with Crippen molar-refractivity contribution in [3.63, 3.8) is 0 Å². The largest absolute Gasteiger partial charge is 0.387 e. The number of aliphatic imine (C=N–C) groups is 1. The Hall–Kier alpha value is -0.900. The number of amidine groups is 1. The Bertz CT molecular complexity index is 304. The van der Waals surface area contributed by atoms with Gasteiger partial charge in [0.2, 0.25) is 0 Å². The molecule has 1 aromatic heterocycles. The van der Waals surface area contributed by atoms with E-state index >= 15 is 0 Å². The monoisotopic (exact) mass is 197 g/mol. The third kappa shape index (κ3) is 2.81. The van der Waals surface area contributed by atoms with E-state index in [-0.39, 0.29) is 6.04 Å². The van der Waals surface area contributed by atoms with Crippen LogP contribution in [-0.2, 0) is 0 Å². The first-order valence-corrected chi connectivity index (χ1v) is 5.25. The topological polar surface area (TPSA) is 51.3 Å². The molecule has 2 N–H and O–H groups in total. The highest BCUT2D eigenvalue weighted by molar-refractivity contribution is 7.09. The van der Waals surface area contributed by atoms with Crippen LogP contribution in [0, 0.1) is 6.92 Å². The summed E-state index contributed by atoms with van der Waals surface area (Å²) in [7, 11) is 0. The maximum absolute atomic E-state index is 5.64. The van der Waals surface area contributed by atoms with Crippen LogP contribution in [0.2, 0.25) is 0 Å². The lowest BCUT2D eigenvalue weighted by Crippen LogP contribution is -2.11. The van der Waals surface area contributed by atoms with Gasteiger partial charge < -0.3 is 5.73 Å². The first kappa shape index (κ1) is 10.2. The summed E-state index contributed by atoms with van der Waals surface area (Å²) in [6.45, 7) is 6.00. The minimum atomic E-state index is 0.0960. The molecule has 72 valence electrons. The lowest BCUT2D eigenvalue weighted by atomic mass is 10.3. The van der Waals surface area contributed by atoms with E-state index in [4.69, 9.17) is 5.73 Å². The van der Waals surface area contributed by atoms with E-state index in [1.165, 1.54) is 0 Å². The van der Waals surface area contributed by atoms with Crippen molar-refractivity contribution in [3.05, 3.63) is 16.1 Å². The van der Waals surface area contributed by atoms with Crippen LogP contribution in [0.5, 0.6) is 0 Å². The predicted molar refractivity (Wildman–Crippen MR) is 57.2 cm³/mol. The van der Waals surface area contributed by atoms with Gasteiger partial charge in [0.05, 0.1) is 5.84 Å². The molecule has 13 heavy (non-hydrogen) atoms. The van der Waals surface area contributed by atoms with Crippen molar-refractivity contribution in [1.29, 1.82) is 0 Å². The van der Waals surface area contributed by atoms with E-state index in [1.807, 2.05) is 26.2 Å². The molecule has 0 fully saturated rings. The van der Waals surface area contributed by atoms with Crippen molar-refractivity contribution in [2.24, 2.45) is 10.7 Å². The standard InChI is InChI=1S/C9H15N3S/c1-4-8(10)12-7(3)9-11-6(2)5-13-9/h5,7H,4H2,1-3H3,(H2,10,12). The smallest absolute Gasteiger partial charge is 0.117 e. The molecule has 0 aromatic carbocycles. The van der Waals surface area contributed by atoms with Gasteiger partial charge in [-0.2, -0.15) is 0 Å². The maximum atomic E-state index is 5.64. The zero-order valence-corrected chi connectivity index (χ0v) is 9.06. The van der Waals surface area contributed by atoms with Crippen LogP contribution in [-0.4, -0.2) is 10.8 Å². The number of aryl methyl sites for hydroxylation is 1. The summed E-state index contributed by atoms with van der Waals surface area (Å²) in [5.41, 5.74) is 6.70. The third-order valence-corrected chi connectivity index (χ3v) is 2.85. The van der Waals surface area contributed by atoms with Gasteiger partial charge >= 0.3 is 0 Å². The second kappa shape index (κ2) is 4.37. The van der Waals surface area contributed by atoms with Crippen LogP contribution < -0.4 is 5.73 Å². The fourth-order valence-corrected chi connectivity index (χ4v) is 1.75.